The Bertz CT molecular complexity index is 2450. The summed E-state index contributed by atoms with van der Waals surface area (Å²) in [6.45, 7) is 30.4. The molecular formula is C49H60F2N6O3Si. The number of ether oxygens (including phenoxy) is 2. The van der Waals surface area contributed by atoms with Crippen molar-refractivity contribution >= 4 is 41.7 Å². The van der Waals surface area contributed by atoms with Crippen molar-refractivity contribution < 1.29 is 23.0 Å². The molecule has 0 N–H and O–H groups in total. The number of amides is 1. The molecule has 2 bridgehead atoms. The predicted molar refractivity (Wildman–Crippen MR) is 243 cm³/mol. The average molecular weight is 847 g/mol. The molecule has 322 valence electrons. The van der Waals surface area contributed by atoms with Crippen LogP contribution in [0, 0.1) is 23.1 Å². The summed E-state index contributed by atoms with van der Waals surface area (Å²) < 4.78 is 45.4. The van der Waals surface area contributed by atoms with Gasteiger partial charge in [-0.3, -0.25) is 14.8 Å². The summed E-state index contributed by atoms with van der Waals surface area (Å²) in [5.41, 5.74) is 7.40. The first kappa shape index (κ1) is 42.8. The molecule has 4 aliphatic rings. The van der Waals surface area contributed by atoms with E-state index >= 15 is 8.78 Å². The second kappa shape index (κ2) is 15.8. The number of rotatable bonds is 8. The number of nitrogens with zero attached hydrogens (tertiary/aromatic N) is 6. The van der Waals surface area contributed by atoms with Gasteiger partial charge >= 0.3 is 12.1 Å². The zero-order valence-electron chi connectivity index (χ0n) is 37.3. The monoisotopic (exact) mass is 846 g/mol. The molecule has 2 atom stereocenters. The van der Waals surface area contributed by atoms with Gasteiger partial charge in [-0.2, -0.15) is 9.97 Å². The number of hydrogen-bond donors (Lipinski definition) is 0. The molecule has 0 spiro atoms. The van der Waals surface area contributed by atoms with Gasteiger partial charge in [-0.15, -0.1) is 5.54 Å². The van der Waals surface area contributed by atoms with E-state index in [1.165, 1.54) is 12.1 Å². The van der Waals surface area contributed by atoms with Crippen LogP contribution >= 0.6 is 0 Å². The molecule has 1 amide bonds. The van der Waals surface area contributed by atoms with Crippen LogP contribution in [0.3, 0.4) is 0 Å². The summed E-state index contributed by atoms with van der Waals surface area (Å²) in [5, 5.41) is 1.69. The summed E-state index contributed by atoms with van der Waals surface area (Å²) in [7, 11) is -2.20. The van der Waals surface area contributed by atoms with Crippen LogP contribution in [0.15, 0.2) is 60.8 Å². The Balaban J connectivity index is 1.25. The van der Waals surface area contributed by atoms with Gasteiger partial charge in [-0.25, -0.2) is 13.6 Å². The third kappa shape index (κ3) is 7.71. The second-order valence-corrected chi connectivity index (χ2v) is 25.5. The van der Waals surface area contributed by atoms with Crippen molar-refractivity contribution in [3.05, 3.63) is 78.0 Å². The van der Waals surface area contributed by atoms with Crippen LogP contribution in [0.2, 0.25) is 16.6 Å². The van der Waals surface area contributed by atoms with Gasteiger partial charge in [0.25, 0.3) is 0 Å². The summed E-state index contributed by atoms with van der Waals surface area (Å²) >= 11 is 0. The topological polar surface area (TPSA) is 83.9 Å². The number of benzene rings is 2. The van der Waals surface area contributed by atoms with Crippen molar-refractivity contribution in [1.29, 1.82) is 0 Å². The predicted octanol–water partition coefficient (Wildman–Crippen LogP) is 10.6. The zero-order valence-corrected chi connectivity index (χ0v) is 38.3. The summed E-state index contributed by atoms with van der Waals surface area (Å²) in [5.74, 6) is 2.94. The fourth-order valence-corrected chi connectivity index (χ4v) is 16.4. The number of carbonyl (C=O) groups excluding carboxylic acids is 1. The van der Waals surface area contributed by atoms with Crippen molar-refractivity contribution in [1.82, 2.24) is 24.8 Å². The standard InChI is InChI=1S/C49H60F2N6O3Si/c1-29(2)61(30(3)4,31(5)6)18-17-35-20-36(50)19-34-13-12-14-39(41(34)35)43-42(51)44-40(23-52-43)45(55-26-37-15-16-38(27-55)57(37)47(58)60-48(9,10)11)54-46(53-44)59-28-49-21-32(7)24-56(49)25-33(8)22-49/h12-14,19-20,23,29-31,37-38H,7-8,15-16,21-22,24-28H2,1-6,9-11H3. The molecule has 8 rings (SSSR count). The Morgan fingerprint density at radius 2 is 1.61 bits per heavy atom. The third-order valence-electron chi connectivity index (χ3n) is 13.6. The minimum absolute atomic E-state index is 0.0636. The van der Waals surface area contributed by atoms with Gasteiger partial charge in [0.2, 0.25) is 0 Å². The Hall–Kier alpha value is -4.86. The van der Waals surface area contributed by atoms with Gasteiger partial charge in [0.1, 0.15) is 43.1 Å². The first-order valence-corrected chi connectivity index (χ1v) is 24.1. The fourth-order valence-electron chi connectivity index (χ4n) is 11.2. The molecule has 9 nitrogen and oxygen atoms in total. The summed E-state index contributed by atoms with van der Waals surface area (Å²) in [4.78, 5) is 34.3. The summed E-state index contributed by atoms with van der Waals surface area (Å²) in [6, 6.07) is 8.23. The molecule has 4 aliphatic heterocycles. The largest absolute Gasteiger partial charge is 0.461 e. The number of carbonyl (C=O) groups is 1. The third-order valence-corrected chi connectivity index (χ3v) is 19.9. The van der Waals surface area contributed by atoms with Crippen molar-refractivity contribution in [2.45, 2.75) is 128 Å². The highest BCUT2D eigenvalue weighted by atomic mass is 28.3. The van der Waals surface area contributed by atoms with Gasteiger partial charge in [0.05, 0.1) is 23.0 Å². The van der Waals surface area contributed by atoms with Crippen LogP contribution in [0.5, 0.6) is 6.01 Å². The van der Waals surface area contributed by atoms with E-state index in [4.69, 9.17) is 24.4 Å². The maximum atomic E-state index is 17.6. The number of piperazine rings is 1. The number of anilines is 1. The molecule has 4 fully saturated rings. The minimum Gasteiger partial charge on any atom is -0.461 e. The molecule has 0 saturated carbocycles. The van der Waals surface area contributed by atoms with E-state index in [1.807, 2.05) is 37.8 Å². The molecule has 61 heavy (non-hydrogen) atoms. The second-order valence-electron chi connectivity index (χ2n) is 19.9. The smallest absolute Gasteiger partial charge is 0.410 e. The number of fused-ring (bicyclic) bond motifs is 5. The van der Waals surface area contributed by atoms with Crippen LogP contribution in [-0.2, 0) is 4.74 Å². The minimum atomic E-state index is -2.20. The van der Waals surface area contributed by atoms with E-state index in [2.05, 4.69) is 76.0 Å². The highest BCUT2D eigenvalue weighted by Gasteiger charge is 2.49. The van der Waals surface area contributed by atoms with Gasteiger partial charge in [-0.1, -0.05) is 90.0 Å². The van der Waals surface area contributed by atoms with E-state index in [-0.39, 0.29) is 47.5 Å². The average Bonchev–Trinajstić information content (AvgIpc) is 3.74. The van der Waals surface area contributed by atoms with Crippen LogP contribution in [0.25, 0.3) is 32.9 Å². The first-order chi connectivity index (χ1) is 28.8. The maximum absolute atomic E-state index is 17.6. The Kier molecular flexibility index (Phi) is 11.1. The first-order valence-electron chi connectivity index (χ1n) is 21.9. The molecule has 2 aromatic heterocycles. The lowest BCUT2D eigenvalue weighted by atomic mass is 9.92. The van der Waals surface area contributed by atoms with E-state index in [0.717, 1.165) is 49.9 Å². The number of aromatic nitrogens is 3. The van der Waals surface area contributed by atoms with Crippen LogP contribution in [0.1, 0.15) is 93.6 Å². The SMILES string of the molecule is C=C1CN2CC(=C)CC2(COc2nc(N3CC4CCC(C3)N4C(=O)OC(C)(C)C)c3cnc(-c4cccc5cc(F)cc(C#C[Si](C(C)C)(C(C)C)C(C)C)c45)c(F)c3n2)C1. The molecule has 2 aromatic carbocycles. The highest BCUT2D eigenvalue weighted by molar-refractivity contribution is 6.90. The molecule has 6 heterocycles. The van der Waals surface area contributed by atoms with Crippen LogP contribution < -0.4 is 9.64 Å². The highest BCUT2D eigenvalue weighted by Crippen LogP contribution is 2.45. The van der Waals surface area contributed by atoms with Crippen LogP contribution in [-0.4, -0.2) is 94.9 Å². The van der Waals surface area contributed by atoms with Gasteiger partial charge in [-0.05, 0) is 80.6 Å². The van der Waals surface area contributed by atoms with E-state index in [0.29, 0.717) is 62.8 Å². The molecule has 4 saturated heterocycles. The van der Waals surface area contributed by atoms with Crippen LogP contribution in [0.4, 0.5) is 19.4 Å². The van der Waals surface area contributed by atoms with Gasteiger partial charge in [0, 0.05) is 48.9 Å². The zero-order chi connectivity index (χ0) is 43.8. The van der Waals surface area contributed by atoms with E-state index < -0.39 is 25.3 Å². The van der Waals surface area contributed by atoms with Crippen molar-refractivity contribution in [3.63, 3.8) is 0 Å². The molecule has 0 aliphatic carbocycles. The molecule has 12 heteroatoms. The van der Waals surface area contributed by atoms with E-state index in [1.54, 1.807) is 12.3 Å². The molecule has 2 unspecified atom stereocenters. The normalized spacial score (nSPS) is 20.4. The quantitative estimate of drug-likeness (QED) is 0.0985. The summed E-state index contributed by atoms with van der Waals surface area (Å²) in [6.07, 6.45) is 4.49. The fraction of sp³-hybridized carbons (Fsp3) is 0.510. The lowest BCUT2D eigenvalue weighted by Gasteiger charge is -2.42. The lowest BCUT2D eigenvalue weighted by Crippen LogP contribution is -2.57. The van der Waals surface area contributed by atoms with Gasteiger partial charge in [0.15, 0.2) is 5.82 Å². The maximum Gasteiger partial charge on any atom is 0.410 e. The molecule has 0 radical (unpaired) electrons. The number of pyridine rings is 1. The van der Waals surface area contributed by atoms with Crippen molar-refractivity contribution in [2.24, 2.45) is 0 Å². The molecule has 4 aromatic rings. The lowest BCUT2D eigenvalue weighted by molar-refractivity contribution is 0.0122. The Labute approximate surface area is 360 Å². The number of hydrogen-bond acceptors (Lipinski definition) is 8. The van der Waals surface area contributed by atoms with E-state index in [9.17, 15) is 4.79 Å². The molecular weight excluding hydrogens is 787 g/mol. The Morgan fingerprint density at radius 3 is 2.21 bits per heavy atom. The van der Waals surface area contributed by atoms with Gasteiger partial charge < -0.3 is 14.4 Å². The Morgan fingerprint density at radius 1 is 0.967 bits per heavy atom. The van der Waals surface area contributed by atoms with Crippen molar-refractivity contribution in [2.75, 3.05) is 37.7 Å². The van der Waals surface area contributed by atoms with Crippen molar-refractivity contribution in [3.8, 4) is 28.7 Å². The number of halogens is 2.